The Morgan fingerprint density at radius 1 is 1.26 bits per heavy atom. The maximum atomic E-state index is 11.8. The molecule has 1 aromatic rings. The number of nitrogens with zero attached hydrogens (tertiary/aromatic N) is 1. The van der Waals surface area contributed by atoms with E-state index in [1.807, 2.05) is 4.90 Å². The highest BCUT2D eigenvalue weighted by molar-refractivity contribution is 6.35. The first kappa shape index (κ1) is 14.5. The molecule has 3 nitrogen and oxygen atoms in total. The minimum absolute atomic E-state index is 0.225. The summed E-state index contributed by atoms with van der Waals surface area (Å²) >= 11 is 11.8. The Kier molecular flexibility index (Phi) is 5.34. The van der Waals surface area contributed by atoms with Gasteiger partial charge in [0.2, 0.25) is 5.91 Å². The van der Waals surface area contributed by atoms with Gasteiger partial charge in [-0.3, -0.25) is 4.79 Å². The van der Waals surface area contributed by atoms with Crippen molar-refractivity contribution in [3.05, 3.63) is 28.2 Å². The van der Waals surface area contributed by atoms with E-state index < -0.39 is 0 Å². The van der Waals surface area contributed by atoms with Gasteiger partial charge in [-0.1, -0.05) is 23.2 Å². The molecule has 0 aliphatic carbocycles. The van der Waals surface area contributed by atoms with Crippen molar-refractivity contribution in [2.45, 2.75) is 25.7 Å². The molecule has 1 aliphatic heterocycles. The van der Waals surface area contributed by atoms with Gasteiger partial charge in [0, 0.05) is 24.5 Å². The van der Waals surface area contributed by atoms with E-state index in [4.69, 9.17) is 27.9 Å². The minimum atomic E-state index is 0.225. The Hall–Kier alpha value is -0.930. The van der Waals surface area contributed by atoms with E-state index >= 15 is 0 Å². The molecule has 0 radical (unpaired) electrons. The second-order valence-electron chi connectivity index (χ2n) is 4.61. The summed E-state index contributed by atoms with van der Waals surface area (Å²) in [6, 6.07) is 5.12. The molecular weight excluding hydrogens is 285 g/mol. The second-order valence-corrected chi connectivity index (χ2v) is 5.46. The van der Waals surface area contributed by atoms with E-state index in [-0.39, 0.29) is 5.91 Å². The fourth-order valence-electron chi connectivity index (χ4n) is 2.12. The third-order valence-corrected chi connectivity index (χ3v) is 3.68. The van der Waals surface area contributed by atoms with Crippen LogP contribution in [-0.4, -0.2) is 30.5 Å². The van der Waals surface area contributed by atoms with E-state index in [2.05, 4.69) is 0 Å². The van der Waals surface area contributed by atoms with Crippen LogP contribution < -0.4 is 4.74 Å². The van der Waals surface area contributed by atoms with Gasteiger partial charge in [-0.15, -0.1) is 0 Å². The van der Waals surface area contributed by atoms with Crippen molar-refractivity contribution >= 4 is 29.1 Å². The van der Waals surface area contributed by atoms with Crippen LogP contribution in [0.1, 0.15) is 25.7 Å². The minimum Gasteiger partial charge on any atom is -0.492 e. The third kappa shape index (κ3) is 4.29. The smallest absolute Gasteiger partial charge is 0.222 e. The molecule has 1 amide bonds. The number of benzene rings is 1. The number of amides is 1. The Bertz CT molecular complexity index is 445. The number of hydrogen-bond acceptors (Lipinski definition) is 2. The van der Waals surface area contributed by atoms with Crippen LogP contribution in [0.5, 0.6) is 5.75 Å². The van der Waals surface area contributed by atoms with Gasteiger partial charge in [-0.05, 0) is 37.5 Å². The third-order valence-electron chi connectivity index (χ3n) is 3.15. The number of ether oxygens (including phenoxy) is 1. The van der Waals surface area contributed by atoms with Gasteiger partial charge in [-0.2, -0.15) is 0 Å². The van der Waals surface area contributed by atoms with E-state index in [0.29, 0.717) is 35.2 Å². The van der Waals surface area contributed by atoms with Crippen LogP contribution >= 0.6 is 23.2 Å². The number of carbonyl (C=O) groups is 1. The average Bonchev–Trinajstić information content (AvgIpc) is 2.90. The summed E-state index contributed by atoms with van der Waals surface area (Å²) in [7, 11) is 0. The van der Waals surface area contributed by atoms with Crippen molar-refractivity contribution in [1.29, 1.82) is 0 Å². The highest BCUT2D eigenvalue weighted by Crippen LogP contribution is 2.27. The van der Waals surface area contributed by atoms with Gasteiger partial charge in [0.25, 0.3) is 0 Å². The van der Waals surface area contributed by atoms with Gasteiger partial charge in [0.05, 0.1) is 11.6 Å². The quantitative estimate of drug-likeness (QED) is 0.775. The van der Waals surface area contributed by atoms with E-state index in [9.17, 15) is 4.79 Å². The highest BCUT2D eigenvalue weighted by Gasteiger charge is 2.17. The number of likely N-dealkylation sites (tertiary alicyclic amines) is 1. The lowest BCUT2D eigenvalue weighted by Crippen LogP contribution is -2.27. The summed E-state index contributed by atoms with van der Waals surface area (Å²) in [4.78, 5) is 13.7. The fourth-order valence-corrected chi connectivity index (χ4v) is 2.59. The summed E-state index contributed by atoms with van der Waals surface area (Å²) in [5.74, 6) is 0.836. The molecule has 2 rings (SSSR count). The summed E-state index contributed by atoms with van der Waals surface area (Å²) in [6.07, 6.45) is 3.49. The predicted octanol–water partition coefficient (Wildman–Crippen LogP) is 3.77. The molecule has 0 N–H and O–H groups in total. The lowest BCUT2D eigenvalue weighted by Gasteiger charge is -2.15. The van der Waals surface area contributed by atoms with E-state index in [0.717, 1.165) is 25.9 Å². The van der Waals surface area contributed by atoms with Crippen molar-refractivity contribution in [1.82, 2.24) is 4.90 Å². The Balaban J connectivity index is 1.70. The molecule has 1 heterocycles. The summed E-state index contributed by atoms with van der Waals surface area (Å²) in [6.45, 7) is 2.30. The van der Waals surface area contributed by atoms with Crippen LogP contribution in [0.15, 0.2) is 18.2 Å². The maximum Gasteiger partial charge on any atom is 0.222 e. The molecule has 5 heteroatoms. The average molecular weight is 302 g/mol. The zero-order chi connectivity index (χ0) is 13.7. The monoisotopic (exact) mass is 301 g/mol. The van der Waals surface area contributed by atoms with Gasteiger partial charge in [0.15, 0.2) is 0 Å². The molecule has 0 bridgehead atoms. The van der Waals surface area contributed by atoms with Gasteiger partial charge >= 0.3 is 0 Å². The van der Waals surface area contributed by atoms with Crippen LogP contribution in [0.4, 0.5) is 0 Å². The van der Waals surface area contributed by atoms with Crippen LogP contribution in [0.25, 0.3) is 0 Å². The summed E-state index contributed by atoms with van der Waals surface area (Å²) < 4.78 is 5.54. The fraction of sp³-hybridized carbons (Fsp3) is 0.500. The Morgan fingerprint density at radius 2 is 2.00 bits per heavy atom. The number of hydrogen-bond donors (Lipinski definition) is 0. The second kappa shape index (κ2) is 7.01. The van der Waals surface area contributed by atoms with E-state index in [1.54, 1.807) is 18.2 Å². The standard InChI is InChI=1S/C14H17Cl2NO2/c15-11-5-6-13(12(16)10-11)19-9-3-4-14(18)17-7-1-2-8-17/h5-6,10H,1-4,7-9H2. The van der Waals surface area contributed by atoms with Crippen molar-refractivity contribution in [3.63, 3.8) is 0 Å². The molecule has 0 unspecified atom stereocenters. The zero-order valence-electron chi connectivity index (χ0n) is 10.7. The zero-order valence-corrected chi connectivity index (χ0v) is 12.2. The molecule has 1 saturated heterocycles. The van der Waals surface area contributed by atoms with Crippen molar-refractivity contribution in [2.75, 3.05) is 19.7 Å². The highest BCUT2D eigenvalue weighted by atomic mass is 35.5. The summed E-state index contributed by atoms with van der Waals surface area (Å²) in [5, 5.41) is 1.08. The van der Waals surface area contributed by atoms with Crippen LogP contribution in [0, 0.1) is 0 Å². The lowest BCUT2D eigenvalue weighted by molar-refractivity contribution is -0.130. The molecule has 104 valence electrons. The molecule has 1 aliphatic rings. The SMILES string of the molecule is O=C(CCCOc1ccc(Cl)cc1Cl)N1CCCC1. The van der Waals surface area contributed by atoms with Gasteiger partial charge < -0.3 is 9.64 Å². The first-order chi connectivity index (χ1) is 9.16. The molecule has 0 atom stereocenters. The van der Waals surface area contributed by atoms with Crippen molar-refractivity contribution in [3.8, 4) is 5.75 Å². The molecule has 0 aromatic heterocycles. The van der Waals surface area contributed by atoms with Crippen LogP contribution in [-0.2, 0) is 4.79 Å². The molecule has 0 saturated carbocycles. The Labute approximate surface area is 123 Å². The number of halogens is 2. The van der Waals surface area contributed by atoms with Crippen LogP contribution in [0.3, 0.4) is 0 Å². The molecule has 1 fully saturated rings. The normalized spacial score (nSPS) is 14.7. The molecule has 19 heavy (non-hydrogen) atoms. The summed E-state index contributed by atoms with van der Waals surface area (Å²) in [5.41, 5.74) is 0. The van der Waals surface area contributed by atoms with E-state index in [1.165, 1.54) is 0 Å². The first-order valence-electron chi connectivity index (χ1n) is 6.52. The predicted molar refractivity (Wildman–Crippen MR) is 77.0 cm³/mol. The van der Waals surface area contributed by atoms with Crippen molar-refractivity contribution in [2.24, 2.45) is 0 Å². The largest absolute Gasteiger partial charge is 0.492 e. The molecule has 0 spiro atoms. The maximum absolute atomic E-state index is 11.8. The van der Waals surface area contributed by atoms with Gasteiger partial charge in [0.1, 0.15) is 5.75 Å². The lowest BCUT2D eigenvalue weighted by atomic mass is 10.3. The van der Waals surface area contributed by atoms with Gasteiger partial charge in [-0.25, -0.2) is 0 Å². The van der Waals surface area contributed by atoms with Crippen molar-refractivity contribution < 1.29 is 9.53 Å². The first-order valence-corrected chi connectivity index (χ1v) is 7.28. The molecular formula is C14H17Cl2NO2. The molecule has 1 aromatic carbocycles. The Morgan fingerprint density at radius 3 is 2.68 bits per heavy atom. The number of carbonyl (C=O) groups excluding carboxylic acids is 1. The topological polar surface area (TPSA) is 29.5 Å². The number of rotatable bonds is 5. The van der Waals surface area contributed by atoms with Crippen LogP contribution in [0.2, 0.25) is 10.0 Å².